The van der Waals surface area contributed by atoms with E-state index in [1.54, 1.807) is 18.3 Å². The molecule has 28 heavy (non-hydrogen) atoms. The summed E-state index contributed by atoms with van der Waals surface area (Å²) in [5.41, 5.74) is 1.66. The van der Waals surface area contributed by atoms with Gasteiger partial charge in [-0.3, -0.25) is 4.68 Å². The number of nitrogens with zero attached hydrogens (tertiary/aromatic N) is 3. The van der Waals surface area contributed by atoms with E-state index in [0.717, 1.165) is 37.6 Å². The maximum Gasteiger partial charge on any atom is 0.411 e. The van der Waals surface area contributed by atoms with E-state index in [1.807, 2.05) is 36.0 Å². The smallest absolute Gasteiger partial charge is 0.367 e. The predicted molar refractivity (Wildman–Crippen MR) is 102 cm³/mol. The number of hydrogen-bond acceptors (Lipinski definition) is 3. The molecule has 0 aliphatic carbocycles. The van der Waals surface area contributed by atoms with Crippen LogP contribution in [0.4, 0.5) is 13.2 Å². The molecule has 0 bridgehead atoms. The zero-order valence-corrected chi connectivity index (χ0v) is 15.9. The van der Waals surface area contributed by atoms with Crippen molar-refractivity contribution >= 4 is 5.96 Å². The molecule has 0 saturated heterocycles. The maximum atomic E-state index is 12.1. The topological polar surface area (TPSA) is 63.5 Å². The SMILES string of the molecule is CCNC(=NCc1ccc(COCC(F)(F)F)cc1)NCCCn1cccn1. The lowest BCUT2D eigenvalue weighted by Gasteiger charge is -2.11. The van der Waals surface area contributed by atoms with E-state index in [2.05, 4.69) is 25.5 Å². The summed E-state index contributed by atoms with van der Waals surface area (Å²) in [5.74, 6) is 0.723. The molecule has 0 saturated carbocycles. The summed E-state index contributed by atoms with van der Waals surface area (Å²) in [6.07, 6.45) is 0.297. The van der Waals surface area contributed by atoms with Gasteiger partial charge in [0.05, 0.1) is 13.2 Å². The van der Waals surface area contributed by atoms with Gasteiger partial charge in [-0.05, 0) is 30.5 Å². The summed E-state index contributed by atoms with van der Waals surface area (Å²) in [6.45, 7) is 3.51. The van der Waals surface area contributed by atoms with Crippen molar-refractivity contribution < 1.29 is 17.9 Å². The van der Waals surface area contributed by atoms with Gasteiger partial charge in [-0.25, -0.2) is 4.99 Å². The van der Waals surface area contributed by atoms with Crippen LogP contribution in [0, 0.1) is 0 Å². The second-order valence-electron chi connectivity index (χ2n) is 6.17. The molecule has 1 heterocycles. The first-order valence-corrected chi connectivity index (χ1v) is 9.18. The largest absolute Gasteiger partial charge is 0.411 e. The van der Waals surface area contributed by atoms with Gasteiger partial charge >= 0.3 is 6.18 Å². The second-order valence-corrected chi connectivity index (χ2v) is 6.17. The second kappa shape index (κ2) is 11.3. The van der Waals surface area contributed by atoms with Gasteiger partial charge in [0.15, 0.2) is 5.96 Å². The maximum absolute atomic E-state index is 12.1. The van der Waals surface area contributed by atoms with E-state index in [1.165, 1.54) is 0 Å². The number of guanidine groups is 1. The van der Waals surface area contributed by atoms with E-state index in [0.29, 0.717) is 12.1 Å². The van der Waals surface area contributed by atoms with Crippen LogP contribution in [-0.4, -0.2) is 41.6 Å². The number of rotatable bonds is 10. The van der Waals surface area contributed by atoms with Crippen molar-refractivity contribution in [2.45, 2.75) is 39.2 Å². The van der Waals surface area contributed by atoms with E-state index in [-0.39, 0.29) is 6.61 Å². The number of aliphatic imine (C=N–C) groups is 1. The van der Waals surface area contributed by atoms with Crippen molar-refractivity contribution in [2.75, 3.05) is 19.7 Å². The Bertz CT molecular complexity index is 699. The molecule has 2 aromatic rings. The van der Waals surface area contributed by atoms with E-state index < -0.39 is 12.8 Å². The van der Waals surface area contributed by atoms with Gasteiger partial charge in [-0.1, -0.05) is 24.3 Å². The summed E-state index contributed by atoms with van der Waals surface area (Å²) in [5, 5.41) is 10.6. The molecule has 0 amide bonds. The highest BCUT2D eigenvalue weighted by Crippen LogP contribution is 2.16. The molecular weight excluding hydrogens is 371 g/mol. The highest BCUT2D eigenvalue weighted by molar-refractivity contribution is 5.79. The standard InChI is InChI=1S/C19H26F3N5O/c1-2-23-18(24-9-3-11-27-12-4-10-26-27)25-13-16-5-7-17(8-6-16)14-28-15-19(20,21)22/h4-8,10,12H,2-3,9,11,13-15H2,1H3,(H2,23,24,25). The molecule has 0 aliphatic rings. The van der Waals surface area contributed by atoms with Gasteiger partial charge in [0.25, 0.3) is 0 Å². The Morgan fingerprint density at radius 2 is 1.93 bits per heavy atom. The van der Waals surface area contributed by atoms with Crippen LogP contribution in [-0.2, 0) is 24.4 Å². The molecule has 1 aromatic carbocycles. The van der Waals surface area contributed by atoms with Gasteiger partial charge in [0.2, 0.25) is 0 Å². The number of halogens is 3. The van der Waals surface area contributed by atoms with Crippen molar-refractivity contribution in [1.29, 1.82) is 0 Å². The van der Waals surface area contributed by atoms with Crippen LogP contribution in [0.25, 0.3) is 0 Å². The quantitative estimate of drug-likeness (QED) is 0.367. The molecule has 0 radical (unpaired) electrons. The number of benzene rings is 1. The van der Waals surface area contributed by atoms with Crippen LogP contribution in [0.3, 0.4) is 0 Å². The number of aromatic nitrogens is 2. The third-order valence-corrected chi connectivity index (χ3v) is 3.74. The average molecular weight is 397 g/mol. The lowest BCUT2D eigenvalue weighted by Crippen LogP contribution is -2.38. The van der Waals surface area contributed by atoms with Crippen LogP contribution < -0.4 is 10.6 Å². The van der Waals surface area contributed by atoms with Crippen molar-refractivity contribution in [1.82, 2.24) is 20.4 Å². The lowest BCUT2D eigenvalue weighted by molar-refractivity contribution is -0.176. The van der Waals surface area contributed by atoms with Gasteiger partial charge in [-0.2, -0.15) is 18.3 Å². The minimum absolute atomic E-state index is 0.0660. The van der Waals surface area contributed by atoms with E-state index in [9.17, 15) is 13.2 Å². The van der Waals surface area contributed by atoms with E-state index in [4.69, 9.17) is 0 Å². The summed E-state index contributed by atoms with van der Waals surface area (Å²) >= 11 is 0. The van der Waals surface area contributed by atoms with Crippen LogP contribution in [0.1, 0.15) is 24.5 Å². The minimum atomic E-state index is -4.30. The average Bonchev–Trinajstić information content (AvgIpc) is 3.16. The third-order valence-electron chi connectivity index (χ3n) is 3.74. The summed E-state index contributed by atoms with van der Waals surface area (Å²) in [7, 11) is 0. The molecule has 0 aliphatic heterocycles. The van der Waals surface area contributed by atoms with Crippen LogP contribution in [0.2, 0.25) is 0 Å². The van der Waals surface area contributed by atoms with Gasteiger partial charge in [0, 0.05) is 32.0 Å². The third kappa shape index (κ3) is 8.90. The minimum Gasteiger partial charge on any atom is -0.367 e. The fourth-order valence-corrected chi connectivity index (χ4v) is 2.42. The molecule has 2 N–H and O–H groups in total. The van der Waals surface area contributed by atoms with Crippen molar-refractivity contribution in [3.63, 3.8) is 0 Å². The fraction of sp³-hybridized carbons (Fsp3) is 0.474. The molecule has 6 nitrogen and oxygen atoms in total. The first-order chi connectivity index (χ1) is 13.5. The Morgan fingerprint density at radius 1 is 1.18 bits per heavy atom. The molecule has 154 valence electrons. The summed E-state index contributed by atoms with van der Waals surface area (Å²) in [4.78, 5) is 4.53. The van der Waals surface area contributed by atoms with E-state index >= 15 is 0 Å². The summed E-state index contributed by atoms with van der Waals surface area (Å²) in [6, 6.07) is 9.10. The molecule has 1 aromatic heterocycles. The Morgan fingerprint density at radius 3 is 2.57 bits per heavy atom. The molecule has 0 fully saturated rings. The monoisotopic (exact) mass is 397 g/mol. The number of alkyl halides is 3. The number of aryl methyl sites for hydroxylation is 1. The van der Waals surface area contributed by atoms with Gasteiger partial charge in [-0.15, -0.1) is 0 Å². The molecule has 0 unspecified atom stereocenters. The molecule has 2 rings (SSSR count). The normalized spacial score (nSPS) is 12.2. The Labute approximate surface area is 162 Å². The number of ether oxygens (including phenoxy) is 1. The zero-order valence-electron chi connectivity index (χ0n) is 15.9. The summed E-state index contributed by atoms with van der Waals surface area (Å²) < 4.78 is 42.8. The predicted octanol–water partition coefficient (Wildman–Crippen LogP) is 3.11. The van der Waals surface area contributed by atoms with Gasteiger partial charge in [0.1, 0.15) is 6.61 Å². The van der Waals surface area contributed by atoms with Crippen molar-refractivity contribution in [3.8, 4) is 0 Å². The lowest BCUT2D eigenvalue weighted by atomic mass is 10.1. The Kier molecular flexibility index (Phi) is 8.80. The number of nitrogens with one attached hydrogen (secondary N) is 2. The van der Waals surface area contributed by atoms with Crippen LogP contribution in [0.15, 0.2) is 47.7 Å². The highest BCUT2D eigenvalue weighted by Gasteiger charge is 2.27. The van der Waals surface area contributed by atoms with Crippen LogP contribution >= 0.6 is 0 Å². The molecular formula is C19H26F3N5O. The molecule has 0 atom stereocenters. The molecule has 0 spiro atoms. The number of hydrogen-bond donors (Lipinski definition) is 2. The van der Waals surface area contributed by atoms with Crippen molar-refractivity contribution in [3.05, 3.63) is 53.9 Å². The zero-order chi connectivity index (χ0) is 20.2. The highest BCUT2D eigenvalue weighted by atomic mass is 19.4. The Balaban J connectivity index is 1.76. The molecule has 9 heteroatoms. The first-order valence-electron chi connectivity index (χ1n) is 9.18. The van der Waals surface area contributed by atoms with Crippen LogP contribution in [0.5, 0.6) is 0 Å². The van der Waals surface area contributed by atoms with Crippen molar-refractivity contribution in [2.24, 2.45) is 4.99 Å². The Hall–Kier alpha value is -2.55. The van der Waals surface area contributed by atoms with Gasteiger partial charge < -0.3 is 15.4 Å². The fourth-order valence-electron chi connectivity index (χ4n) is 2.42. The first kappa shape index (κ1) is 21.7.